The van der Waals surface area contributed by atoms with Crippen molar-refractivity contribution in [3.63, 3.8) is 0 Å². The maximum Gasteiger partial charge on any atom is 0.237 e. The van der Waals surface area contributed by atoms with Crippen molar-refractivity contribution >= 4 is 38.2 Å². The van der Waals surface area contributed by atoms with Gasteiger partial charge in [-0.3, -0.25) is 0 Å². The number of oxazole rings is 1. The fourth-order valence-corrected chi connectivity index (χ4v) is 3.17. The van der Waals surface area contributed by atoms with Crippen LogP contribution in [0.1, 0.15) is 0 Å². The standard InChI is InChI=1S/C15H9FN2OS/c16-9-2-1-8-5-14(20-13(8)6-9)15-18-11-7-10(17)3-4-12(11)19-15/h1-7H,17H2. The van der Waals surface area contributed by atoms with E-state index in [1.807, 2.05) is 6.07 Å². The van der Waals surface area contributed by atoms with Gasteiger partial charge in [-0.25, -0.2) is 9.37 Å². The number of nitrogens with two attached hydrogens (primary N) is 1. The van der Waals surface area contributed by atoms with Crippen molar-refractivity contribution in [3.8, 4) is 10.8 Å². The Hall–Kier alpha value is -2.40. The lowest BCUT2D eigenvalue weighted by Gasteiger charge is -1.88. The Morgan fingerprint density at radius 1 is 1.10 bits per heavy atom. The van der Waals surface area contributed by atoms with Gasteiger partial charge in [0.25, 0.3) is 0 Å². The lowest BCUT2D eigenvalue weighted by molar-refractivity contribution is 0.622. The number of thiophene rings is 1. The number of nitrogen functional groups attached to an aromatic ring is 1. The largest absolute Gasteiger partial charge is 0.435 e. The lowest BCUT2D eigenvalue weighted by Crippen LogP contribution is -1.82. The molecule has 0 unspecified atom stereocenters. The highest BCUT2D eigenvalue weighted by Crippen LogP contribution is 2.35. The van der Waals surface area contributed by atoms with Crippen LogP contribution < -0.4 is 5.73 Å². The van der Waals surface area contributed by atoms with Crippen molar-refractivity contribution in [3.05, 3.63) is 48.3 Å². The highest BCUT2D eigenvalue weighted by molar-refractivity contribution is 7.22. The summed E-state index contributed by atoms with van der Waals surface area (Å²) in [5.41, 5.74) is 7.80. The number of halogens is 1. The van der Waals surface area contributed by atoms with Gasteiger partial charge in [0.05, 0.1) is 4.88 Å². The number of benzene rings is 2. The van der Waals surface area contributed by atoms with E-state index in [0.29, 0.717) is 17.2 Å². The summed E-state index contributed by atoms with van der Waals surface area (Å²) in [6, 6.07) is 12.0. The molecule has 0 bridgehead atoms. The maximum atomic E-state index is 13.2. The normalized spacial score (nSPS) is 11.4. The van der Waals surface area contributed by atoms with Gasteiger partial charge in [0.15, 0.2) is 5.58 Å². The molecule has 0 saturated carbocycles. The molecule has 0 fully saturated rings. The third-order valence-electron chi connectivity index (χ3n) is 3.10. The topological polar surface area (TPSA) is 52.0 Å². The fraction of sp³-hybridized carbons (Fsp3) is 0. The molecule has 0 aliphatic rings. The second kappa shape index (κ2) is 4.05. The van der Waals surface area contributed by atoms with Crippen molar-refractivity contribution < 1.29 is 8.81 Å². The van der Waals surface area contributed by atoms with Crippen LogP contribution in [0.2, 0.25) is 0 Å². The summed E-state index contributed by atoms with van der Waals surface area (Å²) in [6.07, 6.45) is 0. The molecule has 2 aromatic carbocycles. The Morgan fingerprint density at radius 2 is 2.00 bits per heavy atom. The summed E-state index contributed by atoms with van der Waals surface area (Å²) in [5, 5.41) is 0.980. The molecule has 2 N–H and O–H groups in total. The lowest BCUT2D eigenvalue weighted by atomic mass is 10.2. The van der Waals surface area contributed by atoms with Crippen molar-refractivity contribution in [2.45, 2.75) is 0 Å². The minimum atomic E-state index is -0.240. The summed E-state index contributed by atoms with van der Waals surface area (Å²) in [5.74, 6) is 0.295. The van der Waals surface area contributed by atoms with Gasteiger partial charge >= 0.3 is 0 Å². The number of hydrogen-bond donors (Lipinski definition) is 1. The molecule has 2 heterocycles. The Balaban J connectivity index is 1.91. The van der Waals surface area contributed by atoms with Crippen molar-refractivity contribution in [1.82, 2.24) is 4.98 Å². The second-order valence-corrected chi connectivity index (χ2v) is 5.62. The molecule has 4 rings (SSSR count). The van der Waals surface area contributed by atoms with Gasteiger partial charge in [0.2, 0.25) is 5.89 Å². The maximum absolute atomic E-state index is 13.2. The zero-order valence-electron chi connectivity index (χ0n) is 10.3. The summed E-state index contributed by atoms with van der Waals surface area (Å²) in [7, 11) is 0. The van der Waals surface area contributed by atoms with E-state index in [9.17, 15) is 4.39 Å². The molecular formula is C15H9FN2OS. The van der Waals surface area contributed by atoms with Gasteiger partial charge in [-0.05, 0) is 41.8 Å². The number of hydrogen-bond acceptors (Lipinski definition) is 4. The van der Waals surface area contributed by atoms with Crippen molar-refractivity contribution in [2.24, 2.45) is 0 Å². The second-order valence-electron chi connectivity index (χ2n) is 4.54. The molecule has 0 aliphatic heterocycles. The van der Waals surface area contributed by atoms with Crippen LogP contribution in [0.3, 0.4) is 0 Å². The fourth-order valence-electron chi connectivity index (χ4n) is 2.16. The van der Waals surface area contributed by atoms with Crippen LogP contribution in [0.15, 0.2) is 46.9 Å². The Labute approximate surface area is 117 Å². The van der Waals surface area contributed by atoms with Crippen LogP contribution in [-0.2, 0) is 0 Å². The number of aromatic nitrogens is 1. The summed E-state index contributed by atoms with van der Waals surface area (Å²) >= 11 is 1.46. The third-order valence-corrected chi connectivity index (χ3v) is 4.19. The molecule has 5 heteroatoms. The van der Waals surface area contributed by atoms with E-state index in [1.165, 1.54) is 23.5 Å². The molecule has 98 valence electrons. The Kier molecular flexibility index (Phi) is 2.31. The smallest absolute Gasteiger partial charge is 0.237 e. The molecule has 20 heavy (non-hydrogen) atoms. The minimum Gasteiger partial charge on any atom is -0.435 e. The zero-order valence-corrected chi connectivity index (χ0v) is 11.1. The van der Waals surface area contributed by atoms with Gasteiger partial charge in [0, 0.05) is 10.4 Å². The van der Waals surface area contributed by atoms with E-state index in [4.69, 9.17) is 10.2 Å². The average molecular weight is 284 g/mol. The average Bonchev–Trinajstić information content (AvgIpc) is 3.00. The van der Waals surface area contributed by atoms with Crippen LogP contribution in [-0.4, -0.2) is 4.98 Å². The Morgan fingerprint density at radius 3 is 2.90 bits per heavy atom. The minimum absolute atomic E-state index is 0.240. The van der Waals surface area contributed by atoms with E-state index in [1.54, 1.807) is 24.3 Å². The van der Waals surface area contributed by atoms with Crippen molar-refractivity contribution in [1.29, 1.82) is 0 Å². The van der Waals surface area contributed by atoms with Crippen LogP contribution in [0, 0.1) is 5.82 Å². The third kappa shape index (κ3) is 1.75. The molecule has 0 aliphatic carbocycles. The number of fused-ring (bicyclic) bond motifs is 2. The summed E-state index contributed by atoms with van der Waals surface area (Å²) in [6.45, 7) is 0. The van der Waals surface area contributed by atoms with Gasteiger partial charge in [-0.2, -0.15) is 0 Å². The molecule has 0 atom stereocenters. The predicted octanol–water partition coefficient (Wildman–Crippen LogP) is 4.43. The molecule has 3 nitrogen and oxygen atoms in total. The van der Waals surface area contributed by atoms with E-state index in [2.05, 4.69) is 4.98 Å². The molecule has 0 saturated heterocycles. The number of anilines is 1. The van der Waals surface area contributed by atoms with E-state index < -0.39 is 0 Å². The first-order chi connectivity index (χ1) is 9.69. The molecule has 0 amide bonds. The van der Waals surface area contributed by atoms with Crippen LogP contribution in [0.4, 0.5) is 10.1 Å². The van der Waals surface area contributed by atoms with Crippen molar-refractivity contribution in [2.75, 3.05) is 5.73 Å². The molecule has 2 aromatic heterocycles. The van der Waals surface area contributed by atoms with E-state index in [0.717, 1.165) is 20.5 Å². The van der Waals surface area contributed by atoms with Crippen LogP contribution in [0.5, 0.6) is 0 Å². The zero-order chi connectivity index (χ0) is 13.7. The predicted molar refractivity (Wildman–Crippen MR) is 79.2 cm³/mol. The SMILES string of the molecule is Nc1ccc2oc(-c3cc4ccc(F)cc4s3)nc2c1. The quantitative estimate of drug-likeness (QED) is 0.526. The highest BCUT2D eigenvalue weighted by atomic mass is 32.1. The Bertz CT molecular complexity index is 864. The number of nitrogens with zero attached hydrogens (tertiary/aromatic N) is 1. The van der Waals surface area contributed by atoms with Gasteiger partial charge in [0.1, 0.15) is 11.3 Å². The first kappa shape index (κ1) is 11.4. The highest BCUT2D eigenvalue weighted by Gasteiger charge is 2.12. The monoisotopic (exact) mass is 284 g/mol. The summed E-state index contributed by atoms with van der Waals surface area (Å²) < 4.78 is 19.8. The molecule has 0 spiro atoms. The molecule has 4 aromatic rings. The molecular weight excluding hydrogens is 275 g/mol. The van der Waals surface area contributed by atoms with Gasteiger partial charge < -0.3 is 10.2 Å². The summed E-state index contributed by atoms with van der Waals surface area (Å²) in [4.78, 5) is 5.31. The van der Waals surface area contributed by atoms with E-state index in [-0.39, 0.29) is 5.82 Å². The first-order valence-corrected chi connectivity index (χ1v) is 6.86. The molecule has 0 radical (unpaired) electrons. The van der Waals surface area contributed by atoms with Crippen LogP contribution in [0.25, 0.3) is 32.0 Å². The van der Waals surface area contributed by atoms with Gasteiger partial charge in [-0.1, -0.05) is 6.07 Å². The van der Waals surface area contributed by atoms with Gasteiger partial charge in [-0.15, -0.1) is 11.3 Å². The van der Waals surface area contributed by atoms with Crippen LogP contribution >= 0.6 is 11.3 Å². The first-order valence-electron chi connectivity index (χ1n) is 6.04. The van der Waals surface area contributed by atoms with E-state index >= 15 is 0 Å². The number of rotatable bonds is 1.